The molecule has 0 bridgehead atoms. The third kappa shape index (κ3) is 4.99. The lowest BCUT2D eigenvalue weighted by Crippen LogP contribution is -2.28. The molecule has 0 radical (unpaired) electrons. The standard InChI is InChI=1S/C12H18ClIN2/c1-3-16(2)7-6-15-9-10-4-5-12(14)11(13)8-10/h4-5,8,15H,3,6-7,9H2,1-2H3. The summed E-state index contributed by atoms with van der Waals surface area (Å²) in [5.41, 5.74) is 1.24. The van der Waals surface area contributed by atoms with Gasteiger partial charge in [-0.25, -0.2) is 0 Å². The molecule has 0 saturated heterocycles. The van der Waals surface area contributed by atoms with Gasteiger partial charge in [-0.2, -0.15) is 0 Å². The third-order valence-corrected chi connectivity index (χ3v) is 4.10. The van der Waals surface area contributed by atoms with Gasteiger partial charge in [0.2, 0.25) is 0 Å². The van der Waals surface area contributed by atoms with Crippen LogP contribution < -0.4 is 5.32 Å². The number of hydrogen-bond donors (Lipinski definition) is 1. The van der Waals surface area contributed by atoms with E-state index in [9.17, 15) is 0 Å². The molecule has 0 aliphatic heterocycles. The van der Waals surface area contributed by atoms with Gasteiger partial charge in [-0.1, -0.05) is 24.6 Å². The third-order valence-electron chi connectivity index (χ3n) is 2.52. The second-order valence-corrected chi connectivity index (χ2v) is 5.39. The highest BCUT2D eigenvalue weighted by Gasteiger charge is 1.99. The van der Waals surface area contributed by atoms with E-state index >= 15 is 0 Å². The van der Waals surface area contributed by atoms with Gasteiger partial charge in [-0.15, -0.1) is 0 Å². The minimum Gasteiger partial charge on any atom is -0.311 e. The summed E-state index contributed by atoms with van der Waals surface area (Å²) in [4.78, 5) is 2.29. The maximum absolute atomic E-state index is 6.06. The molecule has 0 heterocycles. The van der Waals surface area contributed by atoms with Crippen LogP contribution in [0.4, 0.5) is 0 Å². The zero-order chi connectivity index (χ0) is 12.0. The molecule has 4 heteroatoms. The first kappa shape index (κ1) is 14.2. The molecule has 1 aromatic rings. The Morgan fingerprint density at radius 3 is 2.81 bits per heavy atom. The summed E-state index contributed by atoms with van der Waals surface area (Å²) in [6.45, 7) is 6.23. The molecule has 0 aliphatic carbocycles. The molecule has 0 unspecified atom stereocenters. The fraction of sp³-hybridized carbons (Fsp3) is 0.500. The van der Waals surface area contributed by atoms with Crippen LogP contribution in [-0.4, -0.2) is 31.6 Å². The molecular formula is C12H18ClIN2. The molecule has 0 fully saturated rings. The van der Waals surface area contributed by atoms with E-state index in [2.05, 4.69) is 58.9 Å². The van der Waals surface area contributed by atoms with Crippen molar-refractivity contribution in [3.8, 4) is 0 Å². The highest BCUT2D eigenvalue weighted by Crippen LogP contribution is 2.19. The van der Waals surface area contributed by atoms with Crippen LogP contribution in [-0.2, 0) is 6.54 Å². The van der Waals surface area contributed by atoms with Crippen LogP contribution in [0.1, 0.15) is 12.5 Å². The molecular weight excluding hydrogens is 335 g/mol. The number of likely N-dealkylation sites (N-methyl/N-ethyl adjacent to an activating group) is 1. The lowest BCUT2D eigenvalue weighted by atomic mass is 10.2. The van der Waals surface area contributed by atoms with Crippen LogP contribution in [0.25, 0.3) is 0 Å². The quantitative estimate of drug-likeness (QED) is 0.625. The van der Waals surface area contributed by atoms with Crippen LogP contribution >= 0.6 is 34.2 Å². The first-order chi connectivity index (χ1) is 7.63. The Morgan fingerprint density at radius 2 is 2.19 bits per heavy atom. The van der Waals surface area contributed by atoms with Crippen LogP contribution in [0, 0.1) is 3.57 Å². The van der Waals surface area contributed by atoms with E-state index in [0.717, 1.165) is 34.8 Å². The zero-order valence-corrected chi connectivity index (χ0v) is 12.7. The van der Waals surface area contributed by atoms with Gasteiger partial charge in [0, 0.05) is 23.2 Å². The first-order valence-corrected chi connectivity index (χ1v) is 6.92. The van der Waals surface area contributed by atoms with Gasteiger partial charge >= 0.3 is 0 Å². The molecule has 0 spiro atoms. The summed E-state index contributed by atoms with van der Waals surface area (Å²) in [6, 6.07) is 6.20. The van der Waals surface area contributed by atoms with Crippen LogP contribution in [0.5, 0.6) is 0 Å². The second-order valence-electron chi connectivity index (χ2n) is 3.82. The van der Waals surface area contributed by atoms with Gasteiger partial charge in [-0.3, -0.25) is 0 Å². The highest BCUT2D eigenvalue weighted by atomic mass is 127. The number of nitrogens with one attached hydrogen (secondary N) is 1. The second kappa shape index (κ2) is 7.48. The molecule has 1 rings (SSSR count). The summed E-state index contributed by atoms with van der Waals surface area (Å²) in [5, 5.41) is 4.25. The normalized spacial score (nSPS) is 11.1. The van der Waals surface area contributed by atoms with Crippen molar-refractivity contribution < 1.29 is 0 Å². The van der Waals surface area contributed by atoms with Gasteiger partial charge < -0.3 is 10.2 Å². The topological polar surface area (TPSA) is 15.3 Å². The Bertz CT molecular complexity index is 331. The fourth-order valence-electron chi connectivity index (χ4n) is 1.31. The summed E-state index contributed by atoms with van der Waals surface area (Å²) in [5.74, 6) is 0. The van der Waals surface area contributed by atoms with Gasteiger partial charge in [0.05, 0.1) is 5.02 Å². The van der Waals surface area contributed by atoms with Crippen molar-refractivity contribution in [3.05, 3.63) is 32.4 Å². The largest absolute Gasteiger partial charge is 0.311 e. The van der Waals surface area contributed by atoms with E-state index in [4.69, 9.17) is 11.6 Å². The predicted molar refractivity (Wildman–Crippen MR) is 79.0 cm³/mol. The Balaban J connectivity index is 2.29. The Morgan fingerprint density at radius 1 is 1.44 bits per heavy atom. The number of halogens is 2. The smallest absolute Gasteiger partial charge is 0.0542 e. The number of hydrogen-bond acceptors (Lipinski definition) is 2. The molecule has 1 N–H and O–H groups in total. The van der Waals surface area contributed by atoms with Gasteiger partial charge in [0.15, 0.2) is 0 Å². The van der Waals surface area contributed by atoms with Crippen molar-refractivity contribution in [2.75, 3.05) is 26.7 Å². The van der Waals surface area contributed by atoms with Crippen molar-refractivity contribution in [2.45, 2.75) is 13.5 Å². The van der Waals surface area contributed by atoms with Crippen molar-refractivity contribution in [1.82, 2.24) is 10.2 Å². The summed E-state index contributed by atoms with van der Waals surface area (Å²) in [7, 11) is 2.13. The van der Waals surface area contributed by atoms with E-state index in [1.54, 1.807) is 0 Å². The van der Waals surface area contributed by atoms with Gasteiger partial charge in [0.1, 0.15) is 0 Å². The van der Waals surface area contributed by atoms with E-state index in [1.165, 1.54) is 5.56 Å². The van der Waals surface area contributed by atoms with Crippen LogP contribution in [0.3, 0.4) is 0 Å². The first-order valence-electron chi connectivity index (χ1n) is 5.46. The van der Waals surface area contributed by atoms with E-state index in [-0.39, 0.29) is 0 Å². The van der Waals surface area contributed by atoms with Crippen molar-refractivity contribution in [3.63, 3.8) is 0 Å². The molecule has 1 aromatic carbocycles. The van der Waals surface area contributed by atoms with E-state index in [1.807, 2.05) is 6.07 Å². The van der Waals surface area contributed by atoms with Crippen molar-refractivity contribution >= 4 is 34.2 Å². The minimum absolute atomic E-state index is 0.838. The maximum atomic E-state index is 6.06. The fourth-order valence-corrected chi connectivity index (χ4v) is 1.85. The van der Waals surface area contributed by atoms with Crippen LogP contribution in [0.15, 0.2) is 18.2 Å². The predicted octanol–water partition coefficient (Wildman–Crippen LogP) is 2.99. The highest BCUT2D eigenvalue weighted by molar-refractivity contribution is 14.1. The molecule has 0 amide bonds. The Hall–Kier alpha value is 0.160. The minimum atomic E-state index is 0.838. The average Bonchev–Trinajstić information content (AvgIpc) is 2.28. The van der Waals surface area contributed by atoms with Crippen molar-refractivity contribution in [1.29, 1.82) is 0 Å². The lowest BCUT2D eigenvalue weighted by molar-refractivity contribution is 0.349. The Labute approximate surface area is 116 Å². The molecule has 90 valence electrons. The van der Waals surface area contributed by atoms with E-state index < -0.39 is 0 Å². The van der Waals surface area contributed by atoms with Gasteiger partial charge in [0.25, 0.3) is 0 Å². The maximum Gasteiger partial charge on any atom is 0.0542 e. The monoisotopic (exact) mass is 352 g/mol. The molecule has 2 nitrogen and oxygen atoms in total. The summed E-state index contributed by atoms with van der Waals surface area (Å²) < 4.78 is 1.11. The number of rotatable bonds is 6. The average molecular weight is 353 g/mol. The molecule has 0 aromatic heterocycles. The summed E-state index contributed by atoms with van der Waals surface area (Å²) >= 11 is 8.30. The molecule has 0 atom stereocenters. The van der Waals surface area contributed by atoms with Crippen LogP contribution in [0.2, 0.25) is 5.02 Å². The lowest BCUT2D eigenvalue weighted by Gasteiger charge is -2.14. The SMILES string of the molecule is CCN(C)CCNCc1ccc(I)c(Cl)c1. The molecule has 16 heavy (non-hydrogen) atoms. The summed E-state index contributed by atoms with van der Waals surface area (Å²) in [6.07, 6.45) is 0. The number of benzene rings is 1. The number of nitrogens with zero attached hydrogens (tertiary/aromatic N) is 1. The van der Waals surface area contributed by atoms with E-state index in [0.29, 0.717) is 0 Å². The van der Waals surface area contributed by atoms with Crippen molar-refractivity contribution in [2.24, 2.45) is 0 Å². The zero-order valence-electron chi connectivity index (χ0n) is 9.76. The molecule has 0 aliphatic rings. The van der Waals surface area contributed by atoms with Gasteiger partial charge in [-0.05, 0) is 53.9 Å². The molecule has 0 saturated carbocycles. The Kier molecular flexibility index (Phi) is 6.65.